The SMILES string of the molecule is Cn1nnnc1C(=N)c1ccccc1.[NaH]. The van der Waals surface area contributed by atoms with Gasteiger partial charge in [0.15, 0.2) is 5.82 Å². The van der Waals surface area contributed by atoms with Gasteiger partial charge in [-0.25, -0.2) is 4.68 Å². The topological polar surface area (TPSA) is 67.5 Å². The van der Waals surface area contributed by atoms with Gasteiger partial charge < -0.3 is 0 Å². The van der Waals surface area contributed by atoms with E-state index in [1.165, 1.54) is 4.68 Å². The normalized spacial score (nSPS) is 9.40. The van der Waals surface area contributed by atoms with Gasteiger partial charge in [-0.15, -0.1) is 5.10 Å². The summed E-state index contributed by atoms with van der Waals surface area (Å²) in [5.74, 6) is 0.469. The Labute approximate surface area is 109 Å². The van der Waals surface area contributed by atoms with Crippen LogP contribution in [0.3, 0.4) is 0 Å². The molecule has 0 aliphatic rings. The maximum atomic E-state index is 7.86. The van der Waals surface area contributed by atoms with Gasteiger partial charge in [0.2, 0.25) is 0 Å². The van der Waals surface area contributed by atoms with E-state index < -0.39 is 0 Å². The molecule has 1 aromatic heterocycles. The van der Waals surface area contributed by atoms with E-state index in [0.29, 0.717) is 11.5 Å². The fourth-order valence-electron chi connectivity index (χ4n) is 1.18. The molecule has 6 heteroatoms. The van der Waals surface area contributed by atoms with Gasteiger partial charge in [0.25, 0.3) is 0 Å². The Balaban J connectivity index is 0.00000112. The van der Waals surface area contributed by atoms with Crippen molar-refractivity contribution in [2.45, 2.75) is 0 Å². The van der Waals surface area contributed by atoms with Gasteiger partial charge in [-0.3, -0.25) is 5.41 Å². The third-order valence-electron chi connectivity index (χ3n) is 1.91. The molecule has 2 rings (SSSR count). The molecular formula is C9H10N5Na. The van der Waals surface area contributed by atoms with Crippen molar-refractivity contribution in [2.75, 3.05) is 0 Å². The van der Waals surface area contributed by atoms with Crippen LogP contribution in [0.4, 0.5) is 0 Å². The van der Waals surface area contributed by atoms with E-state index in [1.54, 1.807) is 7.05 Å². The molecule has 0 aliphatic heterocycles. The molecule has 0 bridgehead atoms. The first-order valence-electron chi connectivity index (χ1n) is 4.16. The molecule has 2 aromatic rings. The molecular weight excluding hydrogens is 201 g/mol. The second-order valence-corrected chi connectivity index (χ2v) is 2.87. The van der Waals surface area contributed by atoms with Crippen LogP contribution in [0.2, 0.25) is 0 Å². The summed E-state index contributed by atoms with van der Waals surface area (Å²) in [6.45, 7) is 0. The molecule has 0 amide bonds. The van der Waals surface area contributed by atoms with Crippen molar-refractivity contribution >= 4 is 35.3 Å². The first-order valence-corrected chi connectivity index (χ1v) is 4.16. The third kappa shape index (κ3) is 2.50. The third-order valence-corrected chi connectivity index (χ3v) is 1.91. The zero-order valence-electron chi connectivity index (χ0n) is 7.68. The molecule has 0 unspecified atom stereocenters. The average molecular weight is 211 g/mol. The van der Waals surface area contributed by atoms with E-state index in [4.69, 9.17) is 5.41 Å². The molecule has 0 aliphatic carbocycles. The van der Waals surface area contributed by atoms with Crippen LogP contribution in [-0.4, -0.2) is 55.5 Å². The fourth-order valence-corrected chi connectivity index (χ4v) is 1.18. The molecule has 0 saturated heterocycles. The molecule has 1 heterocycles. The summed E-state index contributed by atoms with van der Waals surface area (Å²) >= 11 is 0. The van der Waals surface area contributed by atoms with Crippen molar-refractivity contribution < 1.29 is 0 Å². The Morgan fingerprint density at radius 3 is 2.47 bits per heavy atom. The molecule has 0 fully saturated rings. The van der Waals surface area contributed by atoms with E-state index in [0.717, 1.165) is 5.56 Å². The van der Waals surface area contributed by atoms with Gasteiger partial charge in [-0.1, -0.05) is 30.3 Å². The van der Waals surface area contributed by atoms with Gasteiger partial charge in [0.1, 0.15) is 5.71 Å². The number of hydrogen-bond acceptors (Lipinski definition) is 4. The van der Waals surface area contributed by atoms with Gasteiger partial charge in [-0.05, 0) is 10.4 Å². The molecule has 0 atom stereocenters. The zero-order valence-corrected chi connectivity index (χ0v) is 7.68. The number of nitrogens with zero attached hydrogens (tertiary/aromatic N) is 4. The predicted octanol–water partition coefficient (Wildman–Crippen LogP) is -0.0222. The quantitative estimate of drug-likeness (QED) is 0.560. The van der Waals surface area contributed by atoms with Gasteiger partial charge in [-0.2, -0.15) is 0 Å². The van der Waals surface area contributed by atoms with Crippen LogP contribution in [0.5, 0.6) is 0 Å². The molecule has 72 valence electrons. The van der Waals surface area contributed by atoms with Crippen LogP contribution in [0, 0.1) is 5.41 Å². The standard InChI is InChI=1S/C9H9N5.Na.H/c1-14-9(11-12-13-14)8(10)7-5-3-2-4-6-7;;/h2-6,10H,1H3;;. The van der Waals surface area contributed by atoms with Crippen LogP contribution >= 0.6 is 0 Å². The number of aromatic nitrogens is 4. The van der Waals surface area contributed by atoms with Crippen molar-refractivity contribution in [3.05, 3.63) is 41.7 Å². The van der Waals surface area contributed by atoms with Crippen molar-refractivity contribution in [3.8, 4) is 0 Å². The summed E-state index contributed by atoms with van der Waals surface area (Å²) in [5, 5.41) is 18.8. The summed E-state index contributed by atoms with van der Waals surface area (Å²) < 4.78 is 1.48. The molecule has 5 nitrogen and oxygen atoms in total. The molecule has 15 heavy (non-hydrogen) atoms. The van der Waals surface area contributed by atoms with Crippen LogP contribution < -0.4 is 0 Å². The second kappa shape index (κ2) is 5.16. The fraction of sp³-hybridized carbons (Fsp3) is 0.111. The Kier molecular flexibility index (Phi) is 4.14. The Morgan fingerprint density at radius 1 is 1.27 bits per heavy atom. The molecule has 1 aromatic carbocycles. The van der Waals surface area contributed by atoms with Crippen LogP contribution in [0.1, 0.15) is 11.4 Å². The minimum atomic E-state index is 0. The van der Waals surface area contributed by atoms with E-state index >= 15 is 0 Å². The van der Waals surface area contributed by atoms with Crippen molar-refractivity contribution in [2.24, 2.45) is 7.05 Å². The Bertz CT molecular complexity index is 451. The van der Waals surface area contributed by atoms with Crippen molar-refractivity contribution in [1.82, 2.24) is 20.2 Å². The maximum absolute atomic E-state index is 7.86. The Morgan fingerprint density at radius 2 is 1.93 bits per heavy atom. The Hall–Kier alpha value is -1.04. The predicted molar refractivity (Wildman–Crippen MR) is 58.3 cm³/mol. The van der Waals surface area contributed by atoms with E-state index in [2.05, 4.69) is 15.5 Å². The van der Waals surface area contributed by atoms with Gasteiger partial charge in [0, 0.05) is 12.6 Å². The van der Waals surface area contributed by atoms with Crippen molar-refractivity contribution in [1.29, 1.82) is 5.41 Å². The number of benzene rings is 1. The molecule has 0 saturated carbocycles. The summed E-state index contributed by atoms with van der Waals surface area (Å²) in [6, 6.07) is 9.39. The van der Waals surface area contributed by atoms with Crippen molar-refractivity contribution in [3.63, 3.8) is 0 Å². The van der Waals surface area contributed by atoms with E-state index in [-0.39, 0.29) is 29.6 Å². The molecule has 0 spiro atoms. The van der Waals surface area contributed by atoms with Gasteiger partial charge >= 0.3 is 29.6 Å². The number of hydrogen-bond donors (Lipinski definition) is 1. The first kappa shape index (κ1) is 12.0. The number of tetrazole rings is 1. The van der Waals surface area contributed by atoms with Gasteiger partial charge in [0.05, 0.1) is 0 Å². The summed E-state index contributed by atoms with van der Waals surface area (Å²) in [7, 11) is 1.72. The first-order chi connectivity index (χ1) is 6.79. The summed E-state index contributed by atoms with van der Waals surface area (Å²) in [4.78, 5) is 0. The van der Waals surface area contributed by atoms with Crippen LogP contribution in [0.15, 0.2) is 30.3 Å². The number of nitrogens with one attached hydrogen (secondary N) is 1. The summed E-state index contributed by atoms with van der Waals surface area (Å²) in [6.07, 6.45) is 0. The van der Waals surface area contributed by atoms with Crippen LogP contribution in [0.25, 0.3) is 0 Å². The number of rotatable bonds is 2. The van der Waals surface area contributed by atoms with E-state index in [1.807, 2.05) is 30.3 Å². The molecule has 0 radical (unpaired) electrons. The number of aryl methyl sites for hydroxylation is 1. The average Bonchev–Trinajstić information content (AvgIpc) is 2.65. The van der Waals surface area contributed by atoms with E-state index in [9.17, 15) is 0 Å². The monoisotopic (exact) mass is 211 g/mol. The second-order valence-electron chi connectivity index (χ2n) is 2.87. The molecule has 1 N–H and O–H groups in total. The van der Waals surface area contributed by atoms with Crippen LogP contribution in [-0.2, 0) is 7.05 Å². The zero-order chi connectivity index (χ0) is 9.97. The summed E-state index contributed by atoms with van der Waals surface area (Å²) in [5.41, 5.74) is 1.14. The minimum absolute atomic E-state index is 0.